The molecule has 0 saturated carbocycles. The lowest BCUT2D eigenvalue weighted by Gasteiger charge is -2.21. The Hall–Kier alpha value is 0.310. The van der Waals surface area contributed by atoms with Crippen LogP contribution in [-0.4, -0.2) is 29.3 Å². The van der Waals surface area contributed by atoms with E-state index >= 15 is 0 Å². The molecule has 0 fully saturated rings. The highest BCUT2D eigenvalue weighted by atomic mass is 31.2. The minimum absolute atomic E-state index is 0.827. The molecule has 3 nitrogen and oxygen atoms in total. The van der Waals surface area contributed by atoms with Gasteiger partial charge in [-0.3, -0.25) is 0 Å². The van der Waals surface area contributed by atoms with Crippen molar-refractivity contribution in [2.24, 2.45) is 5.50 Å². The minimum Gasteiger partial charge on any atom is -0.214 e. The van der Waals surface area contributed by atoms with Crippen molar-refractivity contribution in [1.82, 2.24) is 4.67 Å². The van der Waals surface area contributed by atoms with Crippen LogP contribution in [0.4, 0.5) is 0 Å². The lowest BCUT2D eigenvalue weighted by molar-refractivity contribution is 0.426. The van der Waals surface area contributed by atoms with Crippen molar-refractivity contribution in [3.8, 4) is 0 Å². The topological polar surface area (TPSA) is 49.5 Å². The van der Waals surface area contributed by atoms with E-state index in [1.54, 1.807) is 6.66 Å². The van der Waals surface area contributed by atoms with Crippen LogP contribution in [0.2, 0.25) is 0 Å². The van der Waals surface area contributed by atoms with Crippen LogP contribution in [0, 0.1) is 0 Å². The van der Waals surface area contributed by atoms with Crippen molar-refractivity contribution in [3.05, 3.63) is 0 Å². The zero-order chi connectivity index (χ0) is 7.49. The number of hydrogen-bond donors (Lipinski definition) is 2. The van der Waals surface area contributed by atoms with Crippen LogP contribution in [0.1, 0.15) is 13.8 Å². The summed E-state index contributed by atoms with van der Waals surface area (Å²) in [6.07, 6.45) is 0. The third-order valence-corrected chi connectivity index (χ3v) is 3.01. The fraction of sp³-hybridized carbons (Fsp3) is 1.00. The van der Waals surface area contributed by atoms with Gasteiger partial charge in [-0.1, -0.05) is 0 Å². The minimum atomic E-state index is -2.19. The first-order valence-electron chi connectivity index (χ1n) is 3.15. The van der Waals surface area contributed by atoms with Gasteiger partial charge < -0.3 is 0 Å². The molecule has 3 N–H and O–H groups in total. The third kappa shape index (κ3) is 3.11. The van der Waals surface area contributed by atoms with Crippen molar-refractivity contribution in [1.29, 1.82) is 0 Å². The predicted molar refractivity (Wildman–Crippen MR) is 42.2 cm³/mol. The van der Waals surface area contributed by atoms with Crippen molar-refractivity contribution >= 4 is 7.79 Å². The summed E-state index contributed by atoms with van der Waals surface area (Å²) in [4.78, 5) is 9.29. The highest BCUT2D eigenvalue weighted by Gasteiger charge is 2.29. The Kier molecular flexibility index (Phi) is 3.59. The molecule has 0 aromatic carbocycles. The fourth-order valence-electron chi connectivity index (χ4n) is 0.796. The highest BCUT2D eigenvalue weighted by Crippen LogP contribution is 2.44. The van der Waals surface area contributed by atoms with E-state index in [4.69, 9.17) is 5.50 Å². The molecule has 0 spiro atoms. The zero-order valence-corrected chi connectivity index (χ0v) is 7.23. The summed E-state index contributed by atoms with van der Waals surface area (Å²) in [6, 6.07) is 0. The van der Waals surface area contributed by atoms with Crippen LogP contribution >= 0.6 is 7.79 Å². The predicted octanol–water partition coefficient (Wildman–Crippen LogP) is 0.672. The van der Waals surface area contributed by atoms with E-state index in [-0.39, 0.29) is 0 Å². The summed E-state index contributed by atoms with van der Waals surface area (Å²) >= 11 is 0. The standard InChI is InChI=1S/C5H16N2OP/c1-4-7(5-2)9(3,6)8/h8H,4-6H2,1-3H3/q+1. The molecule has 1 atom stereocenters. The lowest BCUT2D eigenvalue weighted by atomic mass is 10.7. The average molecular weight is 151 g/mol. The third-order valence-electron chi connectivity index (χ3n) is 1.30. The summed E-state index contributed by atoms with van der Waals surface area (Å²) in [7, 11) is -2.19. The normalized spacial score (nSPS) is 18.0. The first-order valence-corrected chi connectivity index (χ1v) is 5.36. The molecule has 0 heterocycles. The van der Waals surface area contributed by atoms with Gasteiger partial charge in [0.2, 0.25) is 0 Å². The molecule has 0 aliphatic carbocycles. The second kappa shape index (κ2) is 3.47. The van der Waals surface area contributed by atoms with Gasteiger partial charge in [0.25, 0.3) is 7.79 Å². The Labute approximate surface area is 57.4 Å². The molecular formula is C5H16N2OP+. The second-order valence-corrected chi connectivity index (χ2v) is 4.64. The summed E-state index contributed by atoms with van der Waals surface area (Å²) in [5.74, 6) is 0. The van der Waals surface area contributed by atoms with Crippen molar-refractivity contribution < 1.29 is 4.89 Å². The summed E-state index contributed by atoms with van der Waals surface area (Å²) in [5.41, 5.74) is 5.49. The van der Waals surface area contributed by atoms with E-state index in [2.05, 4.69) is 0 Å². The molecule has 0 aromatic heterocycles. The maximum atomic E-state index is 9.29. The molecule has 1 unspecified atom stereocenters. The number of nitrogens with zero attached hydrogens (tertiary/aromatic N) is 1. The van der Waals surface area contributed by atoms with Gasteiger partial charge >= 0.3 is 0 Å². The van der Waals surface area contributed by atoms with Crippen LogP contribution in [0.5, 0.6) is 0 Å². The van der Waals surface area contributed by atoms with Crippen molar-refractivity contribution in [2.45, 2.75) is 13.8 Å². The van der Waals surface area contributed by atoms with Crippen LogP contribution in [-0.2, 0) is 0 Å². The first kappa shape index (κ1) is 9.31. The number of hydrogen-bond acceptors (Lipinski definition) is 3. The van der Waals surface area contributed by atoms with E-state index in [0.717, 1.165) is 13.1 Å². The van der Waals surface area contributed by atoms with Gasteiger partial charge in [0.1, 0.15) is 6.66 Å². The van der Waals surface area contributed by atoms with E-state index < -0.39 is 7.79 Å². The molecule has 0 amide bonds. The van der Waals surface area contributed by atoms with Gasteiger partial charge in [-0.2, -0.15) is 5.50 Å². The van der Waals surface area contributed by atoms with Crippen molar-refractivity contribution in [2.75, 3.05) is 19.8 Å². The van der Waals surface area contributed by atoms with Crippen LogP contribution in [0.25, 0.3) is 0 Å². The molecule has 4 heteroatoms. The molecular weight excluding hydrogens is 135 g/mol. The molecule has 0 bridgehead atoms. The quantitative estimate of drug-likeness (QED) is 0.583. The van der Waals surface area contributed by atoms with Crippen LogP contribution in [0.3, 0.4) is 0 Å². The van der Waals surface area contributed by atoms with Gasteiger partial charge in [-0.25, -0.2) is 4.89 Å². The maximum absolute atomic E-state index is 9.29. The summed E-state index contributed by atoms with van der Waals surface area (Å²) in [5, 5.41) is 0. The first-order chi connectivity index (χ1) is 4.02. The van der Waals surface area contributed by atoms with Crippen LogP contribution in [0.15, 0.2) is 0 Å². The maximum Gasteiger partial charge on any atom is 0.277 e. The average Bonchev–Trinajstić information content (AvgIpc) is 1.65. The van der Waals surface area contributed by atoms with Gasteiger partial charge in [0.15, 0.2) is 0 Å². The Balaban J connectivity index is 3.79. The summed E-state index contributed by atoms with van der Waals surface area (Å²) in [6.45, 7) is 7.33. The smallest absolute Gasteiger partial charge is 0.214 e. The van der Waals surface area contributed by atoms with E-state index in [1.165, 1.54) is 0 Å². The van der Waals surface area contributed by atoms with E-state index in [9.17, 15) is 4.89 Å². The molecule has 0 saturated heterocycles. The van der Waals surface area contributed by atoms with Gasteiger partial charge in [0, 0.05) is 13.1 Å². The Morgan fingerprint density at radius 3 is 1.78 bits per heavy atom. The molecule has 0 aromatic rings. The van der Waals surface area contributed by atoms with Crippen LogP contribution < -0.4 is 5.50 Å². The largest absolute Gasteiger partial charge is 0.277 e. The fourth-order valence-corrected chi connectivity index (χ4v) is 1.94. The van der Waals surface area contributed by atoms with E-state index in [1.807, 2.05) is 18.5 Å². The Morgan fingerprint density at radius 1 is 1.44 bits per heavy atom. The van der Waals surface area contributed by atoms with E-state index in [0.29, 0.717) is 0 Å². The van der Waals surface area contributed by atoms with Gasteiger partial charge in [-0.15, -0.1) is 4.67 Å². The Morgan fingerprint density at radius 2 is 1.78 bits per heavy atom. The molecule has 0 radical (unpaired) electrons. The molecule has 9 heavy (non-hydrogen) atoms. The second-order valence-electron chi connectivity index (χ2n) is 2.12. The zero-order valence-electron chi connectivity index (χ0n) is 6.33. The summed E-state index contributed by atoms with van der Waals surface area (Å²) < 4.78 is 1.88. The molecule has 56 valence electrons. The number of nitrogens with two attached hydrogens (primary N) is 1. The monoisotopic (exact) mass is 151 g/mol. The molecule has 0 aliphatic rings. The van der Waals surface area contributed by atoms with Crippen molar-refractivity contribution in [3.63, 3.8) is 0 Å². The highest BCUT2D eigenvalue weighted by molar-refractivity contribution is 7.64. The van der Waals surface area contributed by atoms with Gasteiger partial charge in [0.05, 0.1) is 0 Å². The Bertz CT molecular complexity index is 77.5. The SMILES string of the molecule is CCN(CC)[P+](C)(N)O. The number of rotatable bonds is 3. The lowest BCUT2D eigenvalue weighted by Crippen LogP contribution is -2.27. The molecule has 0 rings (SSSR count). The van der Waals surface area contributed by atoms with Gasteiger partial charge in [-0.05, 0) is 13.8 Å². The molecule has 0 aliphatic heterocycles.